The molecule has 152 valence electrons. The second-order valence-electron chi connectivity index (χ2n) is 6.32. The van der Waals surface area contributed by atoms with Crippen LogP contribution in [0.3, 0.4) is 0 Å². The highest BCUT2D eigenvalue weighted by molar-refractivity contribution is 6.04. The Balaban J connectivity index is 1.78. The van der Waals surface area contributed by atoms with Gasteiger partial charge in [-0.1, -0.05) is 42.5 Å². The minimum absolute atomic E-state index is 0.0487. The molecule has 1 heterocycles. The van der Waals surface area contributed by atoms with Gasteiger partial charge in [-0.05, 0) is 41.5 Å². The maximum atomic E-state index is 12.7. The summed E-state index contributed by atoms with van der Waals surface area (Å²) < 4.78 is 10.1. The zero-order valence-electron chi connectivity index (χ0n) is 16.3. The molecule has 0 aliphatic heterocycles. The largest absolute Gasteiger partial charge is 0.459 e. The minimum Gasteiger partial charge on any atom is -0.459 e. The maximum Gasteiger partial charge on any atom is 0.308 e. The van der Waals surface area contributed by atoms with Gasteiger partial charge in [-0.25, -0.2) is 0 Å². The number of rotatable bonds is 7. The minimum atomic E-state index is -0.544. The van der Waals surface area contributed by atoms with Gasteiger partial charge in [-0.2, -0.15) is 0 Å². The Kier molecular flexibility index (Phi) is 6.78. The number of hydrogen-bond donors (Lipinski definition) is 2. The van der Waals surface area contributed by atoms with E-state index in [-0.39, 0.29) is 11.5 Å². The third-order valence-corrected chi connectivity index (χ3v) is 3.99. The molecule has 0 bridgehead atoms. The molecule has 2 aromatic carbocycles. The van der Waals surface area contributed by atoms with Gasteiger partial charge in [-0.15, -0.1) is 0 Å². The van der Waals surface area contributed by atoms with E-state index in [9.17, 15) is 14.4 Å². The summed E-state index contributed by atoms with van der Waals surface area (Å²) in [6.45, 7) is 1.62. The number of carbonyl (C=O) groups excluding carboxylic acids is 3. The Hall–Kier alpha value is -4.13. The third kappa shape index (κ3) is 5.93. The smallest absolute Gasteiger partial charge is 0.308 e. The summed E-state index contributed by atoms with van der Waals surface area (Å²) >= 11 is 0. The van der Waals surface area contributed by atoms with Crippen molar-refractivity contribution in [1.82, 2.24) is 10.6 Å². The number of furan rings is 1. The second-order valence-corrected chi connectivity index (χ2v) is 6.32. The molecular formula is C23H20N2O5. The highest BCUT2D eigenvalue weighted by Gasteiger charge is 2.16. The normalized spacial score (nSPS) is 10.9. The number of benzene rings is 2. The highest BCUT2D eigenvalue weighted by atomic mass is 16.5. The van der Waals surface area contributed by atoms with Crippen LogP contribution in [0.1, 0.15) is 28.6 Å². The van der Waals surface area contributed by atoms with Gasteiger partial charge in [0.1, 0.15) is 11.4 Å². The van der Waals surface area contributed by atoms with Crippen molar-refractivity contribution >= 4 is 23.9 Å². The Morgan fingerprint density at radius 3 is 2.33 bits per heavy atom. The van der Waals surface area contributed by atoms with Crippen molar-refractivity contribution in [2.75, 3.05) is 0 Å². The Morgan fingerprint density at radius 2 is 1.70 bits per heavy atom. The summed E-state index contributed by atoms with van der Waals surface area (Å²) in [5.41, 5.74) is 1.61. The van der Waals surface area contributed by atoms with E-state index in [0.29, 0.717) is 17.9 Å². The molecule has 1 aromatic heterocycles. The maximum absolute atomic E-state index is 12.7. The predicted molar refractivity (Wildman–Crippen MR) is 110 cm³/mol. The van der Waals surface area contributed by atoms with Gasteiger partial charge in [-0.3, -0.25) is 14.4 Å². The van der Waals surface area contributed by atoms with Crippen molar-refractivity contribution in [2.24, 2.45) is 0 Å². The fourth-order valence-corrected chi connectivity index (χ4v) is 2.59. The number of carbonyl (C=O) groups is 3. The van der Waals surface area contributed by atoms with Crippen LogP contribution in [-0.2, 0) is 16.1 Å². The molecule has 7 nitrogen and oxygen atoms in total. The van der Waals surface area contributed by atoms with E-state index in [1.54, 1.807) is 30.3 Å². The monoisotopic (exact) mass is 404 g/mol. The summed E-state index contributed by atoms with van der Waals surface area (Å²) in [5.74, 6) is -0.957. The van der Waals surface area contributed by atoms with Gasteiger partial charge < -0.3 is 19.8 Å². The van der Waals surface area contributed by atoms with Crippen molar-refractivity contribution < 1.29 is 23.5 Å². The summed E-state index contributed by atoms with van der Waals surface area (Å²) in [6, 6.07) is 19.0. The standard InChI is InChI=1S/C23H20N2O5/c1-16(26)30-19-11-9-17(10-12-19)14-20(25-23(28)21-8-5-13-29-21)22(27)24-15-18-6-3-2-4-7-18/h2-14H,15H2,1H3,(H,24,27)(H,25,28). The van der Waals surface area contributed by atoms with Gasteiger partial charge in [0, 0.05) is 13.5 Å². The average Bonchev–Trinajstić information content (AvgIpc) is 3.28. The van der Waals surface area contributed by atoms with E-state index in [2.05, 4.69) is 10.6 Å². The molecule has 30 heavy (non-hydrogen) atoms. The molecule has 0 fully saturated rings. The molecule has 0 saturated carbocycles. The third-order valence-electron chi connectivity index (χ3n) is 3.99. The highest BCUT2D eigenvalue weighted by Crippen LogP contribution is 2.15. The zero-order valence-corrected chi connectivity index (χ0v) is 16.3. The molecule has 3 aromatic rings. The van der Waals surface area contributed by atoms with Crippen molar-refractivity contribution in [3.8, 4) is 5.75 Å². The first-order valence-electron chi connectivity index (χ1n) is 9.18. The van der Waals surface area contributed by atoms with Crippen LogP contribution in [-0.4, -0.2) is 17.8 Å². The van der Waals surface area contributed by atoms with Gasteiger partial charge in [0.05, 0.1) is 6.26 Å². The average molecular weight is 404 g/mol. The van der Waals surface area contributed by atoms with Crippen LogP contribution in [0.15, 0.2) is 83.1 Å². The van der Waals surface area contributed by atoms with Crippen LogP contribution in [0, 0.1) is 0 Å². The molecule has 0 aliphatic rings. The predicted octanol–water partition coefficient (Wildman–Crippen LogP) is 3.29. The van der Waals surface area contributed by atoms with E-state index in [1.165, 1.54) is 25.3 Å². The van der Waals surface area contributed by atoms with Crippen LogP contribution in [0.4, 0.5) is 0 Å². The van der Waals surface area contributed by atoms with Crippen LogP contribution >= 0.6 is 0 Å². The lowest BCUT2D eigenvalue weighted by molar-refractivity contribution is -0.131. The van der Waals surface area contributed by atoms with Crippen molar-refractivity contribution in [3.05, 3.63) is 95.6 Å². The van der Waals surface area contributed by atoms with Crippen molar-refractivity contribution in [3.63, 3.8) is 0 Å². The Morgan fingerprint density at radius 1 is 0.967 bits per heavy atom. The summed E-state index contributed by atoms with van der Waals surface area (Å²) in [7, 11) is 0. The van der Waals surface area contributed by atoms with Crippen molar-refractivity contribution in [2.45, 2.75) is 13.5 Å². The van der Waals surface area contributed by atoms with E-state index in [1.807, 2.05) is 30.3 Å². The molecule has 0 aliphatic carbocycles. The number of esters is 1. The molecule has 3 rings (SSSR count). The van der Waals surface area contributed by atoms with Gasteiger partial charge in [0.2, 0.25) is 0 Å². The van der Waals surface area contributed by atoms with E-state index in [4.69, 9.17) is 9.15 Å². The molecule has 0 spiro atoms. The first-order valence-corrected chi connectivity index (χ1v) is 9.18. The number of ether oxygens (including phenoxy) is 1. The molecule has 2 amide bonds. The quantitative estimate of drug-likeness (QED) is 0.358. The van der Waals surface area contributed by atoms with Crippen LogP contribution < -0.4 is 15.4 Å². The van der Waals surface area contributed by atoms with Gasteiger partial charge in [0.25, 0.3) is 11.8 Å². The van der Waals surface area contributed by atoms with Crippen LogP contribution in [0.2, 0.25) is 0 Å². The fraction of sp³-hybridized carbons (Fsp3) is 0.0870. The van der Waals surface area contributed by atoms with Gasteiger partial charge in [0.15, 0.2) is 5.76 Å². The van der Waals surface area contributed by atoms with Crippen LogP contribution in [0.5, 0.6) is 5.75 Å². The second kappa shape index (κ2) is 9.88. The first kappa shape index (κ1) is 20.6. The van der Waals surface area contributed by atoms with E-state index < -0.39 is 17.8 Å². The van der Waals surface area contributed by atoms with Crippen LogP contribution in [0.25, 0.3) is 6.08 Å². The van der Waals surface area contributed by atoms with E-state index >= 15 is 0 Å². The number of nitrogens with one attached hydrogen (secondary N) is 2. The zero-order chi connectivity index (χ0) is 21.3. The lowest BCUT2D eigenvalue weighted by Gasteiger charge is -2.11. The van der Waals surface area contributed by atoms with E-state index in [0.717, 1.165) is 5.56 Å². The lowest BCUT2D eigenvalue weighted by atomic mass is 10.1. The Bertz CT molecular complexity index is 1040. The molecular weight excluding hydrogens is 384 g/mol. The van der Waals surface area contributed by atoms with Gasteiger partial charge >= 0.3 is 5.97 Å². The van der Waals surface area contributed by atoms with Crippen molar-refractivity contribution in [1.29, 1.82) is 0 Å². The summed E-state index contributed by atoms with van der Waals surface area (Å²) in [5, 5.41) is 5.37. The fourth-order valence-electron chi connectivity index (χ4n) is 2.59. The molecule has 0 saturated heterocycles. The first-order chi connectivity index (χ1) is 14.5. The lowest BCUT2D eigenvalue weighted by Crippen LogP contribution is -2.34. The molecule has 0 radical (unpaired) electrons. The summed E-state index contributed by atoms with van der Waals surface area (Å²) in [6.07, 6.45) is 2.90. The SMILES string of the molecule is CC(=O)Oc1ccc(C=C(NC(=O)c2ccco2)C(=O)NCc2ccccc2)cc1. The number of hydrogen-bond acceptors (Lipinski definition) is 5. The number of amides is 2. The molecule has 2 N–H and O–H groups in total. The molecule has 0 atom stereocenters. The summed E-state index contributed by atoms with van der Waals surface area (Å²) in [4.78, 5) is 36.2. The Labute approximate surface area is 173 Å². The molecule has 0 unspecified atom stereocenters. The topological polar surface area (TPSA) is 97.6 Å². The molecule has 7 heteroatoms.